The van der Waals surface area contributed by atoms with Crippen LogP contribution < -0.4 is 10.6 Å². The number of amides is 1. The Morgan fingerprint density at radius 3 is 2.74 bits per heavy atom. The Labute approximate surface area is 134 Å². The zero-order valence-electron chi connectivity index (χ0n) is 12.6. The predicted molar refractivity (Wildman–Crippen MR) is 86.7 cm³/mol. The second kappa shape index (κ2) is 7.76. The predicted octanol–water partition coefficient (Wildman–Crippen LogP) is 3.27. The number of anilines is 1. The van der Waals surface area contributed by atoms with Crippen LogP contribution in [-0.4, -0.2) is 5.91 Å². The summed E-state index contributed by atoms with van der Waals surface area (Å²) in [5.41, 5.74) is 2.00. The van der Waals surface area contributed by atoms with Crippen molar-refractivity contribution in [1.29, 1.82) is 5.26 Å². The standard InChI is InChI=1S/C18H16FN3O/c1-13-5-4-7-16(9-13)22-18(23)15(10-20)12-21-11-14-6-2-3-8-17(14)19/h2-9,12,21H,11H2,1H3,(H,22,23)/b15-12-. The molecular formula is C18H16FN3O. The molecule has 2 rings (SSSR count). The number of halogens is 1. The van der Waals surface area contributed by atoms with Crippen molar-refractivity contribution in [2.75, 3.05) is 5.32 Å². The Bertz CT molecular complexity index is 778. The van der Waals surface area contributed by atoms with Crippen molar-refractivity contribution in [3.63, 3.8) is 0 Å². The van der Waals surface area contributed by atoms with Gasteiger partial charge in [-0.1, -0.05) is 30.3 Å². The van der Waals surface area contributed by atoms with Gasteiger partial charge in [-0.15, -0.1) is 0 Å². The van der Waals surface area contributed by atoms with Crippen LogP contribution in [0.2, 0.25) is 0 Å². The maximum Gasteiger partial charge on any atom is 0.267 e. The lowest BCUT2D eigenvalue weighted by Crippen LogP contribution is -2.17. The van der Waals surface area contributed by atoms with E-state index in [4.69, 9.17) is 5.26 Å². The highest BCUT2D eigenvalue weighted by Gasteiger charge is 2.09. The van der Waals surface area contributed by atoms with Crippen LogP contribution in [0.1, 0.15) is 11.1 Å². The van der Waals surface area contributed by atoms with Crippen LogP contribution in [0.4, 0.5) is 10.1 Å². The Kier molecular flexibility index (Phi) is 5.48. The number of hydrogen-bond donors (Lipinski definition) is 2. The fourth-order valence-electron chi connectivity index (χ4n) is 1.97. The van der Waals surface area contributed by atoms with E-state index in [0.717, 1.165) is 5.56 Å². The van der Waals surface area contributed by atoms with E-state index in [2.05, 4.69) is 10.6 Å². The van der Waals surface area contributed by atoms with Crippen LogP contribution >= 0.6 is 0 Å². The normalized spacial score (nSPS) is 10.7. The van der Waals surface area contributed by atoms with Crippen molar-refractivity contribution in [3.05, 3.63) is 77.2 Å². The largest absolute Gasteiger partial charge is 0.385 e. The highest BCUT2D eigenvalue weighted by molar-refractivity contribution is 6.06. The minimum absolute atomic E-state index is 0.0807. The molecule has 0 fully saturated rings. The molecule has 0 aliphatic heterocycles. The van der Waals surface area contributed by atoms with E-state index in [1.54, 1.807) is 30.3 Å². The van der Waals surface area contributed by atoms with Crippen LogP contribution in [0.5, 0.6) is 0 Å². The SMILES string of the molecule is Cc1cccc(NC(=O)/C(C#N)=C\NCc2ccccc2F)c1. The summed E-state index contributed by atoms with van der Waals surface area (Å²) >= 11 is 0. The number of nitriles is 1. The lowest BCUT2D eigenvalue weighted by atomic mass is 10.2. The molecule has 0 aliphatic carbocycles. The minimum atomic E-state index is -0.515. The molecule has 0 spiro atoms. The first kappa shape index (κ1) is 16.2. The van der Waals surface area contributed by atoms with Gasteiger partial charge < -0.3 is 10.6 Å². The van der Waals surface area contributed by atoms with E-state index in [1.165, 1.54) is 12.3 Å². The Morgan fingerprint density at radius 1 is 1.26 bits per heavy atom. The molecule has 5 heteroatoms. The second-order valence-electron chi connectivity index (χ2n) is 4.97. The summed E-state index contributed by atoms with van der Waals surface area (Å²) in [6.07, 6.45) is 1.29. The molecular weight excluding hydrogens is 293 g/mol. The third-order valence-electron chi connectivity index (χ3n) is 3.14. The van der Waals surface area contributed by atoms with Gasteiger partial charge in [-0.3, -0.25) is 4.79 Å². The van der Waals surface area contributed by atoms with Gasteiger partial charge in [-0.2, -0.15) is 5.26 Å². The third kappa shape index (κ3) is 4.68. The van der Waals surface area contributed by atoms with Gasteiger partial charge in [0.25, 0.3) is 5.91 Å². The number of carbonyl (C=O) groups excluding carboxylic acids is 1. The zero-order chi connectivity index (χ0) is 16.7. The number of carbonyl (C=O) groups is 1. The summed E-state index contributed by atoms with van der Waals surface area (Å²) < 4.78 is 13.5. The van der Waals surface area contributed by atoms with Crippen LogP contribution in [0.25, 0.3) is 0 Å². The summed E-state index contributed by atoms with van der Waals surface area (Å²) in [5.74, 6) is -0.852. The van der Waals surface area contributed by atoms with Crippen molar-refractivity contribution in [2.45, 2.75) is 13.5 Å². The quantitative estimate of drug-likeness (QED) is 0.658. The molecule has 0 unspecified atom stereocenters. The number of rotatable bonds is 5. The summed E-state index contributed by atoms with van der Waals surface area (Å²) in [4.78, 5) is 12.0. The van der Waals surface area contributed by atoms with Gasteiger partial charge in [-0.25, -0.2) is 4.39 Å². The minimum Gasteiger partial charge on any atom is -0.385 e. The monoisotopic (exact) mass is 309 g/mol. The molecule has 0 saturated carbocycles. The molecule has 4 nitrogen and oxygen atoms in total. The molecule has 2 N–H and O–H groups in total. The van der Waals surface area contributed by atoms with Gasteiger partial charge >= 0.3 is 0 Å². The fourth-order valence-corrected chi connectivity index (χ4v) is 1.97. The Morgan fingerprint density at radius 2 is 2.04 bits per heavy atom. The summed E-state index contributed by atoms with van der Waals surface area (Å²) in [6.45, 7) is 2.10. The molecule has 116 valence electrons. The molecule has 1 amide bonds. The van der Waals surface area contributed by atoms with Crippen LogP contribution in [0.15, 0.2) is 60.3 Å². The maximum atomic E-state index is 13.5. The van der Waals surface area contributed by atoms with Gasteiger partial charge in [0.05, 0.1) is 0 Å². The first-order valence-electron chi connectivity index (χ1n) is 7.05. The lowest BCUT2D eigenvalue weighted by molar-refractivity contribution is -0.112. The fraction of sp³-hybridized carbons (Fsp3) is 0.111. The number of nitrogens with zero attached hydrogens (tertiary/aromatic N) is 1. The molecule has 2 aromatic rings. The van der Waals surface area contributed by atoms with Crippen molar-refractivity contribution in [3.8, 4) is 6.07 Å². The van der Waals surface area contributed by atoms with Gasteiger partial charge in [0.1, 0.15) is 17.5 Å². The van der Waals surface area contributed by atoms with E-state index < -0.39 is 5.91 Å². The molecule has 2 aromatic carbocycles. The zero-order valence-corrected chi connectivity index (χ0v) is 12.6. The van der Waals surface area contributed by atoms with Crippen LogP contribution in [-0.2, 0) is 11.3 Å². The number of aryl methyl sites for hydroxylation is 1. The summed E-state index contributed by atoms with van der Waals surface area (Å²) in [7, 11) is 0. The molecule has 0 radical (unpaired) electrons. The maximum absolute atomic E-state index is 13.5. The molecule has 0 aliphatic rings. The number of benzene rings is 2. The van der Waals surface area contributed by atoms with Gasteiger partial charge in [0.2, 0.25) is 0 Å². The average molecular weight is 309 g/mol. The van der Waals surface area contributed by atoms with E-state index in [-0.39, 0.29) is 17.9 Å². The molecule has 0 atom stereocenters. The molecule has 0 aromatic heterocycles. The number of hydrogen-bond acceptors (Lipinski definition) is 3. The van der Waals surface area contributed by atoms with Gasteiger partial charge in [-0.05, 0) is 30.7 Å². The first-order chi connectivity index (χ1) is 11.1. The van der Waals surface area contributed by atoms with Crippen molar-refractivity contribution >= 4 is 11.6 Å². The lowest BCUT2D eigenvalue weighted by Gasteiger charge is -2.06. The molecule has 0 saturated heterocycles. The van der Waals surface area contributed by atoms with Gasteiger partial charge in [0.15, 0.2) is 0 Å². The smallest absolute Gasteiger partial charge is 0.267 e. The third-order valence-corrected chi connectivity index (χ3v) is 3.14. The average Bonchev–Trinajstić information content (AvgIpc) is 2.53. The van der Waals surface area contributed by atoms with Gasteiger partial charge in [0, 0.05) is 24.0 Å². The number of nitrogens with one attached hydrogen (secondary N) is 2. The van der Waals surface area contributed by atoms with Crippen molar-refractivity contribution in [2.24, 2.45) is 0 Å². The molecule has 0 bridgehead atoms. The van der Waals surface area contributed by atoms with Crippen LogP contribution in [0.3, 0.4) is 0 Å². The second-order valence-corrected chi connectivity index (χ2v) is 4.97. The first-order valence-corrected chi connectivity index (χ1v) is 7.05. The topological polar surface area (TPSA) is 64.9 Å². The van der Waals surface area contributed by atoms with E-state index >= 15 is 0 Å². The molecule has 0 heterocycles. The van der Waals surface area contributed by atoms with Crippen molar-refractivity contribution < 1.29 is 9.18 Å². The van der Waals surface area contributed by atoms with E-state index in [0.29, 0.717) is 11.3 Å². The highest BCUT2D eigenvalue weighted by atomic mass is 19.1. The summed E-state index contributed by atoms with van der Waals surface area (Å²) in [5, 5.41) is 14.5. The Hall–Kier alpha value is -3.13. The van der Waals surface area contributed by atoms with E-state index in [1.807, 2.05) is 25.1 Å². The van der Waals surface area contributed by atoms with Crippen molar-refractivity contribution in [1.82, 2.24) is 5.32 Å². The van der Waals surface area contributed by atoms with Crippen LogP contribution in [0, 0.1) is 24.1 Å². The van der Waals surface area contributed by atoms with E-state index in [9.17, 15) is 9.18 Å². The summed E-state index contributed by atoms with van der Waals surface area (Å²) in [6, 6.07) is 15.4. The Balaban J connectivity index is 2.00. The highest BCUT2D eigenvalue weighted by Crippen LogP contribution is 2.11. The molecule has 23 heavy (non-hydrogen) atoms.